The standard InChI is InChI=1S/C33H36N2O6/c1-6-41-25-16-18(12-15-24(25)36)27-20-13-14-21-26(30(39)35(28(21)37)32(2,3)4)22(20)17-23-29(38)34(31(40)33(23,27)5)19-10-8-7-9-11-19/h7-13,15-16,21-23,26-27,36H,6,14,17H2,1-5H3. The normalized spacial score (nSPS) is 31.1. The van der Waals surface area contributed by atoms with Crippen LogP contribution >= 0.6 is 0 Å². The molecule has 4 amide bonds. The van der Waals surface area contributed by atoms with E-state index in [0.717, 1.165) is 11.1 Å². The second kappa shape index (κ2) is 9.29. The van der Waals surface area contributed by atoms with Crippen molar-refractivity contribution in [2.24, 2.45) is 29.1 Å². The van der Waals surface area contributed by atoms with Gasteiger partial charge in [-0.25, -0.2) is 4.90 Å². The number of aromatic hydroxyl groups is 1. The van der Waals surface area contributed by atoms with E-state index in [9.17, 15) is 24.3 Å². The lowest BCUT2D eigenvalue weighted by molar-refractivity contribution is -0.145. The topological polar surface area (TPSA) is 104 Å². The fraction of sp³-hybridized carbons (Fsp3) is 0.455. The Labute approximate surface area is 240 Å². The van der Waals surface area contributed by atoms with Crippen LogP contribution in [0.25, 0.3) is 0 Å². The van der Waals surface area contributed by atoms with E-state index in [4.69, 9.17) is 4.74 Å². The van der Waals surface area contributed by atoms with Crippen molar-refractivity contribution in [3.63, 3.8) is 0 Å². The van der Waals surface area contributed by atoms with Crippen LogP contribution in [-0.4, -0.2) is 45.8 Å². The zero-order chi connectivity index (χ0) is 29.4. The molecular formula is C33H36N2O6. The largest absolute Gasteiger partial charge is 0.504 e. The maximum absolute atomic E-state index is 14.4. The molecule has 1 saturated carbocycles. The molecule has 2 aromatic carbocycles. The number of phenolic OH excluding ortho intramolecular Hbond substituents is 1. The number of carbonyl (C=O) groups is 4. The molecule has 2 saturated heterocycles. The number of amides is 4. The fourth-order valence-corrected chi connectivity index (χ4v) is 7.86. The summed E-state index contributed by atoms with van der Waals surface area (Å²) in [6, 6.07) is 14.0. The van der Waals surface area contributed by atoms with E-state index in [2.05, 4.69) is 0 Å². The van der Waals surface area contributed by atoms with E-state index >= 15 is 0 Å². The highest BCUT2D eigenvalue weighted by atomic mass is 16.5. The molecular weight excluding hydrogens is 520 g/mol. The summed E-state index contributed by atoms with van der Waals surface area (Å²) < 4.78 is 5.70. The second-order valence-electron chi connectivity index (χ2n) is 12.8. The van der Waals surface area contributed by atoms with Crippen LogP contribution in [0.1, 0.15) is 58.9 Å². The first-order valence-corrected chi connectivity index (χ1v) is 14.4. The highest BCUT2D eigenvalue weighted by molar-refractivity contribution is 6.24. The highest BCUT2D eigenvalue weighted by Crippen LogP contribution is 2.64. The summed E-state index contributed by atoms with van der Waals surface area (Å²) in [5, 5.41) is 10.5. The van der Waals surface area contributed by atoms with E-state index in [1.807, 2.05) is 46.8 Å². The molecule has 0 bridgehead atoms. The Morgan fingerprint density at radius 1 is 0.976 bits per heavy atom. The summed E-state index contributed by atoms with van der Waals surface area (Å²) in [4.78, 5) is 58.7. The summed E-state index contributed by atoms with van der Waals surface area (Å²) in [5.41, 5.74) is 0.344. The van der Waals surface area contributed by atoms with Crippen molar-refractivity contribution >= 4 is 29.3 Å². The molecule has 3 fully saturated rings. The van der Waals surface area contributed by atoms with Gasteiger partial charge in [0.05, 0.1) is 35.5 Å². The minimum Gasteiger partial charge on any atom is -0.504 e. The second-order valence-corrected chi connectivity index (χ2v) is 12.8. The summed E-state index contributed by atoms with van der Waals surface area (Å²) >= 11 is 0. The number of hydrogen-bond donors (Lipinski definition) is 1. The Hall–Kier alpha value is -3.94. The number of rotatable bonds is 4. The molecule has 2 aliphatic heterocycles. The van der Waals surface area contributed by atoms with Gasteiger partial charge in [0.2, 0.25) is 23.6 Å². The van der Waals surface area contributed by atoms with Crippen molar-refractivity contribution in [1.29, 1.82) is 0 Å². The van der Waals surface area contributed by atoms with E-state index in [1.54, 1.807) is 42.5 Å². The molecule has 2 aliphatic carbocycles. The molecule has 0 radical (unpaired) electrons. The van der Waals surface area contributed by atoms with Crippen LogP contribution in [0, 0.1) is 29.1 Å². The quantitative estimate of drug-likeness (QED) is 0.428. The van der Waals surface area contributed by atoms with Gasteiger partial charge < -0.3 is 9.84 Å². The van der Waals surface area contributed by atoms with Gasteiger partial charge in [-0.05, 0) is 83.2 Å². The predicted molar refractivity (Wildman–Crippen MR) is 152 cm³/mol. The Balaban J connectivity index is 1.53. The molecule has 8 nitrogen and oxygen atoms in total. The number of benzene rings is 2. The predicted octanol–water partition coefficient (Wildman–Crippen LogP) is 4.82. The molecule has 4 aliphatic rings. The number of carbonyl (C=O) groups excluding carboxylic acids is 4. The summed E-state index contributed by atoms with van der Waals surface area (Å²) in [7, 11) is 0. The van der Waals surface area contributed by atoms with Crippen LogP contribution < -0.4 is 9.64 Å². The average Bonchev–Trinajstić information content (AvgIpc) is 3.30. The number of para-hydroxylation sites is 1. The molecule has 6 unspecified atom stereocenters. The van der Waals surface area contributed by atoms with Crippen molar-refractivity contribution in [2.75, 3.05) is 11.5 Å². The maximum atomic E-state index is 14.4. The number of ether oxygens (including phenoxy) is 1. The van der Waals surface area contributed by atoms with Crippen LogP contribution in [0.4, 0.5) is 5.69 Å². The smallest absolute Gasteiger partial charge is 0.241 e. The van der Waals surface area contributed by atoms with E-state index < -0.39 is 34.6 Å². The fourth-order valence-electron chi connectivity index (χ4n) is 7.86. The lowest BCUT2D eigenvalue weighted by Crippen LogP contribution is -2.49. The number of allylic oxidation sites excluding steroid dienone is 2. The monoisotopic (exact) mass is 556 g/mol. The van der Waals surface area contributed by atoms with Crippen LogP contribution in [0.2, 0.25) is 0 Å². The Kier molecular flexibility index (Phi) is 6.17. The number of phenols is 1. The van der Waals surface area contributed by atoms with Crippen molar-refractivity contribution in [3.8, 4) is 11.5 Å². The van der Waals surface area contributed by atoms with Crippen LogP contribution in [0.5, 0.6) is 11.5 Å². The third-order valence-electron chi connectivity index (χ3n) is 9.58. The summed E-state index contributed by atoms with van der Waals surface area (Å²) in [6.07, 6.45) is 2.73. The third kappa shape index (κ3) is 3.79. The number of imide groups is 2. The summed E-state index contributed by atoms with van der Waals surface area (Å²) in [6.45, 7) is 9.60. The maximum Gasteiger partial charge on any atom is 0.241 e. The lowest BCUT2D eigenvalue weighted by Gasteiger charge is -2.49. The van der Waals surface area contributed by atoms with Gasteiger partial charge in [0.25, 0.3) is 0 Å². The highest BCUT2D eigenvalue weighted by Gasteiger charge is 2.68. The molecule has 0 spiro atoms. The van der Waals surface area contributed by atoms with E-state index in [1.165, 1.54) is 9.80 Å². The SMILES string of the molecule is CCOc1cc(C2C3=CCC4C(=O)N(C(C)(C)C)C(=O)C4C3CC3C(=O)N(c4ccccc4)C(=O)C32C)ccc1O. The number of nitrogens with zero attached hydrogens (tertiary/aromatic N) is 2. The third-order valence-corrected chi connectivity index (χ3v) is 9.58. The first kappa shape index (κ1) is 27.2. The Morgan fingerprint density at radius 3 is 2.34 bits per heavy atom. The molecule has 41 heavy (non-hydrogen) atoms. The zero-order valence-corrected chi connectivity index (χ0v) is 24.1. The van der Waals surface area contributed by atoms with Gasteiger partial charge >= 0.3 is 0 Å². The molecule has 6 atom stereocenters. The van der Waals surface area contributed by atoms with Crippen LogP contribution in [0.15, 0.2) is 60.2 Å². The molecule has 6 rings (SSSR count). The first-order chi connectivity index (χ1) is 19.4. The van der Waals surface area contributed by atoms with Crippen LogP contribution in [0.3, 0.4) is 0 Å². The van der Waals surface area contributed by atoms with Gasteiger partial charge in [-0.15, -0.1) is 0 Å². The Morgan fingerprint density at radius 2 is 1.68 bits per heavy atom. The minimum absolute atomic E-state index is 0.0144. The van der Waals surface area contributed by atoms with Crippen LogP contribution in [-0.2, 0) is 19.2 Å². The molecule has 214 valence electrons. The van der Waals surface area contributed by atoms with Gasteiger partial charge in [0, 0.05) is 11.5 Å². The molecule has 8 heteroatoms. The molecule has 2 heterocycles. The molecule has 0 aromatic heterocycles. The Bertz CT molecular complexity index is 1490. The average molecular weight is 557 g/mol. The lowest BCUT2D eigenvalue weighted by atomic mass is 9.51. The van der Waals surface area contributed by atoms with Gasteiger partial charge in [-0.1, -0.05) is 35.9 Å². The number of likely N-dealkylation sites (tertiary alicyclic amines) is 1. The van der Waals surface area contributed by atoms with E-state index in [-0.39, 0.29) is 35.3 Å². The first-order valence-electron chi connectivity index (χ1n) is 14.4. The van der Waals surface area contributed by atoms with Crippen molar-refractivity contribution in [3.05, 3.63) is 65.7 Å². The van der Waals surface area contributed by atoms with Gasteiger partial charge in [-0.3, -0.25) is 24.1 Å². The van der Waals surface area contributed by atoms with Gasteiger partial charge in [0.15, 0.2) is 11.5 Å². The van der Waals surface area contributed by atoms with Crippen molar-refractivity contribution in [1.82, 2.24) is 4.90 Å². The minimum atomic E-state index is -1.14. The number of hydrogen-bond acceptors (Lipinski definition) is 6. The summed E-state index contributed by atoms with van der Waals surface area (Å²) in [5.74, 6) is -3.38. The van der Waals surface area contributed by atoms with Gasteiger partial charge in [-0.2, -0.15) is 0 Å². The molecule has 2 aromatic rings. The number of anilines is 1. The van der Waals surface area contributed by atoms with Gasteiger partial charge in [0.1, 0.15) is 0 Å². The van der Waals surface area contributed by atoms with Crippen molar-refractivity contribution < 1.29 is 29.0 Å². The zero-order valence-electron chi connectivity index (χ0n) is 24.1. The molecule has 1 N–H and O–H groups in total. The number of fused-ring (bicyclic) bond motifs is 4. The van der Waals surface area contributed by atoms with Crippen molar-refractivity contribution in [2.45, 2.75) is 58.9 Å². The van der Waals surface area contributed by atoms with E-state index in [0.29, 0.717) is 30.9 Å².